The molecule has 8 bridgehead atoms. The van der Waals surface area contributed by atoms with E-state index in [2.05, 4.69) is 48.5 Å². The van der Waals surface area contributed by atoms with Gasteiger partial charge >= 0.3 is 0 Å². The number of hydrogen-bond acceptors (Lipinski definition) is 6. The Balaban J connectivity index is 0.860. The Morgan fingerprint density at radius 2 is 0.265 bits per heavy atom. The zero-order valence-electron chi connectivity index (χ0n) is 35.9. The summed E-state index contributed by atoms with van der Waals surface area (Å²) in [5, 5.41) is 0. The summed E-state index contributed by atoms with van der Waals surface area (Å²) in [4.78, 5) is 95.7. The quantitative estimate of drug-likeness (QED) is 0.141. The maximum Gasteiger partial charge on any atom is 0.187 e. The number of hydrogen-bond donors (Lipinski definition) is 0. The van der Waals surface area contributed by atoms with Gasteiger partial charge in [-0.2, -0.15) is 0 Å². The molecule has 15 aliphatic carbocycles. The number of allylic oxidation sites excluding steroid dienone is 12. The zero-order valence-corrected chi connectivity index (χ0v) is 35.9. The first-order valence-electron chi connectivity index (χ1n) is 23.6. The van der Waals surface area contributed by atoms with Crippen molar-refractivity contribution in [1.29, 1.82) is 0 Å². The van der Waals surface area contributed by atoms with Gasteiger partial charge in [0.25, 0.3) is 0 Å². The third-order valence-corrected chi connectivity index (χ3v) is 17.8. The molecule has 6 aromatic rings. The van der Waals surface area contributed by atoms with Crippen LogP contribution in [-0.2, 0) is 28.8 Å². The Morgan fingerprint density at radius 3 is 0.397 bits per heavy atom. The second-order valence-electron chi connectivity index (χ2n) is 20.2. The lowest BCUT2D eigenvalue weighted by atomic mass is 9.47. The fourth-order valence-electron chi connectivity index (χ4n) is 15.7. The summed E-state index contributed by atoms with van der Waals surface area (Å²) < 4.78 is 0. The molecule has 0 heterocycles. The lowest BCUT2D eigenvalue weighted by molar-refractivity contribution is -0.120. The molecule has 6 heteroatoms. The van der Waals surface area contributed by atoms with Gasteiger partial charge in [-0.25, -0.2) is 0 Å². The van der Waals surface area contributed by atoms with E-state index in [1.54, 1.807) is 0 Å². The minimum atomic E-state index is -0.979. The Hall–Kier alpha value is -8.22. The third-order valence-electron chi connectivity index (χ3n) is 17.8. The van der Waals surface area contributed by atoms with Gasteiger partial charge < -0.3 is 0 Å². The van der Waals surface area contributed by atoms with E-state index in [4.69, 9.17) is 0 Å². The Kier molecular flexibility index (Phi) is 6.16. The third kappa shape index (κ3) is 3.65. The zero-order chi connectivity index (χ0) is 44.9. The van der Waals surface area contributed by atoms with Crippen LogP contribution in [0, 0.1) is 0 Å². The average Bonchev–Trinajstić information content (AvgIpc) is 3.39. The first kappa shape index (κ1) is 36.0. The first-order chi connectivity index (χ1) is 33.4. The summed E-state index contributed by atoms with van der Waals surface area (Å²) in [6.45, 7) is 0. The van der Waals surface area contributed by atoms with Crippen molar-refractivity contribution >= 4 is 34.7 Å². The molecule has 0 amide bonds. The van der Waals surface area contributed by atoms with Crippen molar-refractivity contribution in [2.45, 2.75) is 47.3 Å². The van der Waals surface area contributed by atoms with Gasteiger partial charge in [0, 0.05) is 114 Å². The van der Waals surface area contributed by atoms with Gasteiger partial charge in [0.1, 0.15) is 0 Å². The number of rotatable bonds is 0. The van der Waals surface area contributed by atoms with Crippen molar-refractivity contribution in [2.75, 3.05) is 0 Å². The van der Waals surface area contributed by atoms with Crippen LogP contribution in [0.3, 0.4) is 0 Å². The molecule has 68 heavy (non-hydrogen) atoms. The van der Waals surface area contributed by atoms with Gasteiger partial charge in [0.15, 0.2) is 34.7 Å². The van der Waals surface area contributed by atoms with Crippen LogP contribution in [-0.4, -0.2) is 34.7 Å². The SMILES string of the molecule is O=C1C2=C(C(=O)C3=C1C1C4=C(C(=O)C5=C(C4=O)C4c6ccccc6C5c5ccccc54)[C@H]3c3ccccc31)[C@H]1C3=C(C(=O)C4=C(C3=O)C3c5ccccc5C4c4ccccc43)C2c2ccccc21. The van der Waals surface area contributed by atoms with E-state index in [0.29, 0.717) is 44.6 Å². The fourth-order valence-corrected chi connectivity index (χ4v) is 15.7. The largest absolute Gasteiger partial charge is 0.289 e. The minimum Gasteiger partial charge on any atom is -0.289 e. The highest BCUT2D eigenvalue weighted by atomic mass is 16.2. The van der Waals surface area contributed by atoms with Gasteiger partial charge in [0.05, 0.1) is 0 Å². The van der Waals surface area contributed by atoms with E-state index < -0.39 is 47.3 Å². The molecule has 0 fully saturated rings. The van der Waals surface area contributed by atoms with Crippen LogP contribution in [0.15, 0.2) is 212 Å². The lowest BCUT2D eigenvalue weighted by Crippen LogP contribution is -2.50. The maximum absolute atomic E-state index is 16.2. The highest BCUT2D eigenvalue weighted by Crippen LogP contribution is 2.69. The molecule has 0 aliphatic heterocycles. The predicted octanol–water partition coefficient (Wildman–Crippen LogP) is 9.59. The average molecular weight is 873 g/mol. The molecular weight excluding hydrogens is 841 g/mol. The lowest BCUT2D eigenvalue weighted by Gasteiger charge is -2.53. The monoisotopic (exact) mass is 872 g/mol. The second-order valence-corrected chi connectivity index (χ2v) is 20.2. The van der Waals surface area contributed by atoms with Crippen molar-refractivity contribution < 1.29 is 28.8 Å². The van der Waals surface area contributed by atoms with Crippen LogP contribution >= 0.6 is 0 Å². The number of Topliss-reactive ketones (excluding diaryl/α,β-unsaturated/α-hetero) is 6. The summed E-state index contributed by atoms with van der Waals surface area (Å²) in [5.74, 6) is -7.52. The summed E-state index contributed by atoms with van der Waals surface area (Å²) >= 11 is 0. The van der Waals surface area contributed by atoms with E-state index in [0.717, 1.165) is 66.8 Å². The number of benzene rings is 6. The molecule has 2 unspecified atom stereocenters. The molecule has 4 atom stereocenters. The standard InChI is InChI=1S/C62H32O6/c63-57-45-37-25-13-1-2-14-26(25)38(28-16-4-3-15-27(28)37)46(45)58(64)50-42-34-22-10-9-21-33(34)41(49(50)57)53-54(42)62(68)56-44-36-24-12-11-23-35(36)43(55(56)61(53)67)51-52(44)60(66)48-40-31-19-7-5-17-29(31)39(47(48)59(51)65)30-18-6-8-20-32(30)40/h1-24,37-44H/t37?,38?,39?,40?,41-,42?,43-,44?/m1/s1. The molecule has 21 rings (SSSR count). The van der Waals surface area contributed by atoms with Gasteiger partial charge in [-0.05, 0) is 66.8 Å². The fraction of sp³-hybridized carbons (Fsp3) is 0.129. The summed E-state index contributed by atoms with van der Waals surface area (Å²) in [6.07, 6.45) is 0. The van der Waals surface area contributed by atoms with E-state index in [9.17, 15) is 0 Å². The highest BCUT2D eigenvalue weighted by Gasteiger charge is 2.64. The molecule has 6 aromatic carbocycles. The number of ketones is 6. The Morgan fingerprint density at radius 1 is 0.162 bits per heavy atom. The Bertz CT molecular complexity index is 3370. The van der Waals surface area contributed by atoms with Gasteiger partial charge in [0.2, 0.25) is 0 Å². The molecule has 0 spiro atoms. The first-order valence-corrected chi connectivity index (χ1v) is 23.6. The molecule has 6 nitrogen and oxygen atoms in total. The van der Waals surface area contributed by atoms with Crippen molar-refractivity contribution in [3.05, 3.63) is 279 Å². The van der Waals surface area contributed by atoms with E-state index >= 15 is 28.8 Å². The van der Waals surface area contributed by atoms with Crippen LogP contribution in [0.1, 0.15) is 114 Å². The van der Waals surface area contributed by atoms with Crippen LogP contribution in [0.5, 0.6) is 0 Å². The van der Waals surface area contributed by atoms with Crippen molar-refractivity contribution in [2.24, 2.45) is 0 Å². The number of carbonyl (C=O) groups is 6. The molecular formula is C62H32O6. The van der Waals surface area contributed by atoms with E-state index in [-0.39, 0.29) is 57.0 Å². The normalized spacial score (nSPS) is 28.4. The second kappa shape index (κ2) is 11.7. The predicted molar refractivity (Wildman–Crippen MR) is 249 cm³/mol. The van der Waals surface area contributed by atoms with E-state index in [1.165, 1.54) is 0 Å². The summed E-state index contributed by atoms with van der Waals surface area (Å²) in [5.41, 5.74) is 14.9. The highest BCUT2D eigenvalue weighted by molar-refractivity contribution is 6.38. The minimum absolute atomic E-state index is 0.226. The van der Waals surface area contributed by atoms with Crippen LogP contribution < -0.4 is 0 Å². The molecule has 0 saturated carbocycles. The van der Waals surface area contributed by atoms with E-state index in [1.807, 2.05) is 97.1 Å². The van der Waals surface area contributed by atoms with Gasteiger partial charge in [-0.15, -0.1) is 0 Å². The van der Waals surface area contributed by atoms with Gasteiger partial charge in [-0.1, -0.05) is 146 Å². The Labute approximate surface area is 388 Å². The summed E-state index contributed by atoms with van der Waals surface area (Å²) in [6, 6.07) is 47.5. The molecule has 15 aliphatic rings. The van der Waals surface area contributed by atoms with Crippen molar-refractivity contribution in [3.63, 3.8) is 0 Å². The molecule has 0 radical (unpaired) electrons. The van der Waals surface area contributed by atoms with Crippen LogP contribution in [0.4, 0.5) is 0 Å². The molecule has 0 N–H and O–H groups in total. The smallest absolute Gasteiger partial charge is 0.187 e. The molecule has 0 aromatic heterocycles. The van der Waals surface area contributed by atoms with Crippen LogP contribution in [0.2, 0.25) is 0 Å². The number of carbonyl (C=O) groups excluding carboxylic acids is 6. The van der Waals surface area contributed by atoms with Crippen molar-refractivity contribution in [1.82, 2.24) is 0 Å². The van der Waals surface area contributed by atoms with Crippen molar-refractivity contribution in [3.8, 4) is 0 Å². The molecule has 0 saturated heterocycles. The summed E-state index contributed by atoms with van der Waals surface area (Å²) in [7, 11) is 0. The topological polar surface area (TPSA) is 102 Å². The van der Waals surface area contributed by atoms with Crippen LogP contribution in [0.25, 0.3) is 0 Å². The molecule has 316 valence electrons. The maximum atomic E-state index is 16.2. The van der Waals surface area contributed by atoms with Gasteiger partial charge in [-0.3, -0.25) is 28.8 Å².